The molecule has 0 saturated heterocycles. The van der Waals surface area contributed by atoms with Crippen molar-refractivity contribution in [1.29, 1.82) is 0 Å². The molecule has 7 nitrogen and oxygen atoms in total. The summed E-state index contributed by atoms with van der Waals surface area (Å²) in [6.45, 7) is 4.80. The maximum atomic E-state index is 13.8. The third kappa shape index (κ3) is 11.7. The first kappa shape index (κ1) is 33.6. The molecule has 0 spiro atoms. The summed E-state index contributed by atoms with van der Waals surface area (Å²) in [6, 6.07) is 16.4. The van der Waals surface area contributed by atoms with Crippen LogP contribution in [-0.2, 0) is 14.4 Å². The number of allylic oxidation sites excluding steroid dienone is 2. The van der Waals surface area contributed by atoms with Gasteiger partial charge in [-0.1, -0.05) is 107 Å². The number of methoxy groups -OCH3 is 1. The number of nitrogens with one attached hydrogen (secondary N) is 3. The van der Waals surface area contributed by atoms with E-state index in [4.69, 9.17) is 4.74 Å². The SMILES string of the molecule is COc1ccc(/C2=C/C=C(/c3ccccc3)C(=O)N[C@@H](C(C)C)C(=O)NCCCCCCCCCCCC(=O)NC2)cc1. The molecular weight excluding hydrogens is 538 g/mol. The van der Waals surface area contributed by atoms with Crippen LogP contribution >= 0.6 is 0 Å². The Morgan fingerprint density at radius 3 is 1.98 bits per heavy atom. The molecule has 0 aromatic heterocycles. The molecule has 0 fully saturated rings. The predicted molar refractivity (Wildman–Crippen MR) is 174 cm³/mol. The fourth-order valence-corrected chi connectivity index (χ4v) is 5.17. The third-order valence-electron chi connectivity index (χ3n) is 7.83. The molecule has 1 aliphatic rings. The molecule has 1 aliphatic heterocycles. The predicted octanol–water partition coefficient (Wildman–Crippen LogP) is 6.45. The van der Waals surface area contributed by atoms with Crippen LogP contribution in [0.4, 0.5) is 0 Å². The summed E-state index contributed by atoms with van der Waals surface area (Å²) in [5, 5.41) is 9.12. The lowest BCUT2D eigenvalue weighted by molar-refractivity contribution is -0.127. The highest BCUT2D eigenvalue weighted by Crippen LogP contribution is 2.22. The first-order valence-corrected chi connectivity index (χ1v) is 15.8. The highest BCUT2D eigenvalue weighted by molar-refractivity contribution is 6.20. The standard InChI is InChI=1S/C36H49N3O4/c1-27(2)34-36(42)37-25-15-10-8-6-4-5-7-9-14-18-33(40)38-26-30(28-19-22-31(43-3)23-20-28)21-24-32(35(41)39-34)29-16-12-11-13-17-29/h11-13,16-17,19-24,27,34H,4-10,14-15,18,25-26H2,1-3H3,(H,37,42)(H,38,40)(H,39,41)/b30-21+,32-24-/t34-/m0/s1. The first-order chi connectivity index (χ1) is 20.9. The Hall–Kier alpha value is -3.87. The monoisotopic (exact) mass is 587 g/mol. The van der Waals surface area contributed by atoms with E-state index >= 15 is 0 Å². The number of carbonyl (C=O) groups is 3. The van der Waals surface area contributed by atoms with E-state index in [2.05, 4.69) is 16.0 Å². The molecule has 3 rings (SSSR count). The average molecular weight is 588 g/mol. The Balaban J connectivity index is 1.94. The second-order valence-corrected chi connectivity index (χ2v) is 11.6. The van der Waals surface area contributed by atoms with Crippen molar-refractivity contribution in [3.63, 3.8) is 0 Å². The van der Waals surface area contributed by atoms with Crippen LogP contribution in [0.25, 0.3) is 11.1 Å². The molecule has 2 aromatic carbocycles. The molecule has 0 radical (unpaired) electrons. The van der Waals surface area contributed by atoms with E-state index in [0.717, 1.165) is 61.0 Å². The summed E-state index contributed by atoms with van der Waals surface area (Å²) < 4.78 is 5.33. The van der Waals surface area contributed by atoms with Crippen LogP contribution in [0.1, 0.15) is 89.2 Å². The number of rotatable bonds is 4. The quantitative estimate of drug-likeness (QED) is 0.383. The van der Waals surface area contributed by atoms with Gasteiger partial charge in [0.1, 0.15) is 11.8 Å². The Kier molecular flexibility index (Phi) is 14.6. The Bertz CT molecular complexity index is 1220. The number of hydrogen-bond acceptors (Lipinski definition) is 4. The zero-order valence-electron chi connectivity index (χ0n) is 26.1. The van der Waals surface area contributed by atoms with Crippen molar-refractivity contribution in [2.75, 3.05) is 20.2 Å². The van der Waals surface area contributed by atoms with Crippen molar-refractivity contribution >= 4 is 28.9 Å². The minimum Gasteiger partial charge on any atom is -0.497 e. The van der Waals surface area contributed by atoms with E-state index < -0.39 is 6.04 Å². The van der Waals surface area contributed by atoms with Gasteiger partial charge in [-0.3, -0.25) is 14.4 Å². The van der Waals surface area contributed by atoms with E-state index in [1.54, 1.807) is 13.2 Å². The number of ether oxygens (including phenoxy) is 1. The van der Waals surface area contributed by atoms with Crippen molar-refractivity contribution in [2.45, 2.75) is 84.1 Å². The molecule has 3 N–H and O–H groups in total. The van der Waals surface area contributed by atoms with Gasteiger partial charge in [-0.2, -0.15) is 0 Å². The summed E-state index contributed by atoms with van der Waals surface area (Å²) >= 11 is 0. The smallest absolute Gasteiger partial charge is 0.252 e. The maximum absolute atomic E-state index is 13.8. The second kappa shape index (κ2) is 18.6. The summed E-state index contributed by atoms with van der Waals surface area (Å²) in [6.07, 6.45) is 14.0. The van der Waals surface area contributed by atoms with Gasteiger partial charge in [0.05, 0.1) is 7.11 Å². The highest BCUT2D eigenvalue weighted by Gasteiger charge is 2.25. The van der Waals surface area contributed by atoms with E-state index in [9.17, 15) is 14.4 Å². The van der Waals surface area contributed by atoms with Gasteiger partial charge in [0.2, 0.25) is 11.8 Å². The third-order valence-corrected chi connectivity index (χ3v) is 7.83. The van der Waals surface area contributed by atoms with Crippen molar-refractivity contribution in [1.82, 2.24) is 16.0 Å². The molecule has 43 heavy (non-hydrogen) atoms. The van der Waals surface area contributed by atoms with Gasteiger partial charge < -0.3 is 20.7 Å². The lowest BCUT2D eigenvalue weighted by Gasteiger charge is -2.22. The zero-order chi connectivity index (χ0) is 30.9. The summed E-state index contributed by atoms with van der Waals surface area (Å²) in [7, 11) is 1.62. The van der Waals surface area contributed by atoms with Gasteiger partial charge in [-0.25, -0.2) is 0 Å². The number of benzene rings is 2. The normalized spacial score (nSPS) is 21.8. The minimum atomic E-state index is -0.662. The average Bonchev–Trinajstić information content (AvgIpc) is 3.01. The molecular formula is C36H49N3O4. The zero-order valence-corrected chi connectivity index (χ0v) is 26.1. The van der Waals surface area contributed by atoms with Crippen molar-refractivity contribution in [2.24, 2.45) is 5.92 Å². The summed E-state index contributed by atoms with van der Waals surface area (Å²) in [5.74, 6) is 0.184. The molecule has 7 heteroatoms. The molecule has 0 aliphatic carbocycles. The molecule has 1 atom stereocenters. The van der Waals surface area contributed by atoms with Crippen molar-refractivity contribution in [3.8, 4) is 5.75 Å². The van der Waals surface area contributed by atoms with Crippen molar-refractivity contribution in [3.05, 3.63) is 77.9 Å². The summed E-state index contributed by atoms with van der Waals surface area (Å²) in [4.78, 5) is 39.6. The Morgan fingerprint density at radius 2 is 1.35 bits per heavy atom. The molecule has 232 valence electrons. The van der Waals surface area contributed by atoms with Crippen LogP contribution in [0.15, 0.2) is 66.7 Å². The molecule has 3 amide bonds. The maximum Gasteiger partial charge on any atom is 0.252 e. The molecule has 0 bridgehead atoms. The van der Waals surface area contributed by atoms with Gasteiger partial charge in [-0.15, -0.1) is 0 Å². The van der Waals surface area contributed by atoms with Crippen LogP contribution in [0, 0.1) is 5.92 Å². The van der Waals surface area contributed by atoms with E-state index in [0.29, 0.717) is 25.1 Å². The second-order valence-electron chi connectivity index (χ2n) is 11.6. The fourth-order valence-electron chi connectivity index (χ4n) is 5.17. The first-order valence-electron chi connectivity index (χ1n) is 15.8. The topological polar surface area (TPSA) is 96.5 Å². The van der Waals surface area contributed by atoms with E-state index in [1.165, 1.54) is 19.3 Å². The number of amides is 3. The van der Waals surface area contributed by atoms with Crippen LogP contribution in [0.5, 0.6) is 5.75 Å². The van der Waals surface area contributed by atoms with Gasteiger partial charge in [0.25, 0.3) is 5.91 Å². The fraction of sp³-hybridized carbons (Fsp3) is 0.472. The molecule has 0 saturated carbocycles. The summed E-state index contributed by atoms with van der Waals surface area (Å²) in [5.41, 5.74) is 2.95. The van der Waals surface area contributed by atoms with Gasteiger partial charge in [0.15, 0.2) is 0 Å². The largest absolute Gasteiger partial charge is 0.497 e. The van der Waals surface area contributed by atoms with E-state index in [-0.39, 0.29) is 23.6 Å². The van der Waals surface area contributed by atoms with Crippen LogP contribution in [0.3, 0.4) is 0 Å². The van der Waals surface area contributed by atoms with Gasteiger partial charge in [0, 0.05) is 25.1 Å². The Labute approximate surface area is 257 Å². The molecule has 2 aromatic rings. The minimum absolute atomic E-state index is 0.0218. The van der Waals surface area contributed by atoms with Crippen LogP contribution in [0.2, 0.25) is 0 Å². The molecule has 1 heterocycles. The van der Waals surface area contributed by atoms with E-state index in [1.807, 2.05) is 74.5 Å². The van der Waals surface area contributed by atoms with Crippen LogP contribution < -0.4 is 20.7 Å². The Morgan fingerprint density at radius 1 is 0.721 bits per heavy atom. The lowest BCUT2D eigenvalue weighted by Crippen LogP contribution is -2.50. The van der Waals surface area contributed by atoms with Crippen LogP contribution in [-0.4, -0.2) is 44.0 Å². The number of carbonyl (C=O) groups excluding carboxylic acids is 3. The van der Waals surface area contributed by atoms with Gasteiger partial charge >= 0.3 is 0 Å². The van der Waals surface area contributed by atoms with Crippen molar-refractivity contribution < 1.29 is 19.1 Å². The lowest BCUT2D eigenvalue weighted by atomic mass is 9.99. The number of hydrogen-bond donors (Lipinski definition) is 3. The highest BCUT2D eigenvalue weighted by atomic mass is 16.5. The van der Waals surface area contributed by atoms with Gasteiger partial charge in [-0.05, 0) is 53.7 Å². The molecule has 0 unspecified atom stereocenters.